The van der Waals surface area contributed by atoms with E-state index in [1.165, 1.54) is 0 Å². The van der Waals surface area contributed by atoms with Crippen LogP contribution in [0.4, 0.5) is 0 Å². The predicted molar refractivity (Wildman–Crippen MR) is 196 cm³/mol. The van der Waals surface area contributed by atoms with E-state index in [1.807, 2.05) is 59.3 Å². The Hall–Kier alpha value is -4.26. The van der Waals surface area contributed by atoms with Crippen LogP contribution >= 0.6 is 23.2 Å². The molecule has 3 aliphatic rings. The maximum atomic E-state index is 11.5. The number of hydrogen-bond donors (Lipinski definition) is 3. The number of halogens is 2. The van der Waals surface area contributed by atoms with Crippen LogP contribution in [0.2, 0.25) is 10.0 Å². The van der Waals surface area contributed by atoms with Crippen molar-refractivity contribution in [2.24, 2.45) is 5.41 Å². The molecule has 1 saturated carbocycles. The number of pyridine rings is 3. The van der Waals surface area contributed by atoms with Crippen molar-refractivity contribution >= 4 is 34.8 Å². The maximum Gasteiger partial charge on any atom is 0.220 e. The minimum absolute atomic E-state index is 0.101. The van der Waals surface area contributed by atoms with E-state index in [-0.39, 0.29) is 11.9 Å². The van der Waals surface area contributed by atoms with Crippen molar-refractivity contribution in [3.8, 4) is 45.3 Å². The molecular formula is C38H39Cl2N7O4. The number of aromatic nitrogens is 4. The second-order valence-corrected chi connectivity index (χ2v) is 14.5. The Morgan fingerprint density at radius 1 is 1.00 bits per heavy atom. The van der Waals surface area contributed by atoms with E-state index in [2.05, 4.69) is 20.9 Å². The number of nitrogens with zero attached hydrogens (tertiary/aromatic N) is 4. The molecule has 3 N–H and O–H groups in total. The summed E-state index contributed by atoms with van der Waals surface area (Å²) in [5, 5.41) is 11.0. The summed E-state index contributed by atoms with van der Waals surface area (Å²) < 4.78 is 18.8. The average molecular weight is 729 g/mol. The molecule has 13 heteroatoms. The van der Waals surface area contributed by atoms with E-state index in [0.717, 1.165) is 71.6 Å². The minimum Gasteiger partial charge on any atom is -0.493 e. The van der Waals surface area contributed by atoms with Gasteiger partial charge in [-0.3, -0.25) is 9.78 Å². The van der Waals surface area contributed by atoms with Crippen molar-refractivity contribution in [2.45, 2.75) is 50.9 Å². The first-order valence-corrected chi connectivity index (χ1v) is 17.9. The van der Waals surface area contributed by atoms with Crippen molar-refractivity contribution in [3.63, 3.8) is 0 Å². The lowest BCUT2D eigenvalue weighted by atomic mass is 9.64. The Morgan fingerprint density at radius 3 is 2.57 bits per heavy atom. The Morgan fingerprint density at radius 2 is 1.82 bits per heavy atom. The molecule has 2 saturated heterocycles. The summed E-state index contributed by atoms with van der Waals surface area (Å²) in [4.78, 5) is 25.9. The summed E-state index contributed by atoms with van der Waals surface area (Å²) in [6, 6.07) is 14.1. The molecule has 11 nitrogen and oxygen atoms in total. The summed E-state index contributed by atoms with van der Waals surface area (Å²) in [7, 11) is 3.24. The Labute approximate surface area is 306 Å². The third-order valence-electron chi connectivity index (χ3n) is 10.2. The number of fused-ring (bicyclic) bond motifs is 1. The van der Waals surface area contributed by atoms with Gasteiger partial charge in [-0.25, -0.2) is 9.97 Å². The first-order valence-electron chi connectivity index (χ1n) is 17.2. The van der Waals surface area contributed by atoms with Gasteiger partial charge in [-0.2, -0.15) is 0 Å². The fraction of sp³-hybridized carbons (Fsp3) is 0.368. The van der Waals surface area contributed by atoms with Gasteiger partial charge in [0.05, 0.1) is 54.6 Å². The molecule has 0 radical (unpaired) electrons. The van der Waals surface area contributed by atoms with Gasteiger partial charge in [0.1, 0.15) is 0 Å². The SMILES string of the molecule is COc1nc(-c2cccc(-c3ccnc(-c4cc(OC)c5nc(CNC6CC7(COC7)C6)cn5c4)c3Cl)c2Cl)ccc1CNC[C@H]1CCC(=O)N1. The molecular weight excluding hydrogens is 689 g/mol. The Bertz CT molecular complexity index is 2110. The van der Waals surface area contributed by atoms with Gasteiger partial charge < -0.3 is 34.6 Å². The van der Waals surface area contributed by atoms with Gasteiger partial charge >= 0.3 is 0 Å². The second-order valence-electron chi connectivity index (χ2n) is 13.7. The number of carbonyl (C=O) groups is 1. The fourth-order valence-electron chi connectivity index (χ4n) is 7.42. The predicted octanol–water partition coefficient (Wildman–Crippen LogP) is 6.09. The smallest absolute Gasteiger partial charge is 0.220 e. The molecule has 2 aliphatic heterocycles. The standard InChI is InChI=1S/C38H39Cl2N7O4/c1-49-31-12-23(18-47-19-26(45-36(31)47)17-43-25-13-38(14-25)20-51-21-38)35-34(40)28(10-11-42-35)27-4-3-5-29(33(27)39)30-8-6-22(37(46-30)50-2)15-41-16-24-7-9-32(48)44-24/h3-6,8,10-12,18-19,24-25,41,43H,7,9,13-17,20-21H2,1-2H3,(H,44,48)/t24-/m1/s1. The largest absolute Gasteiger partial charge is 0.493 e. The molecule has 1 aliphatic carbocycles. The van der Waals surface area contributed by atoms with E-state index in [0.29, 0.717) is 70.6 Å². The van der Waals surface area contributed by atoms with Crippen LogP contribution in [-0.4, -0.2) is 71.3 Å². The summed E-state index contributed by atoms with van der Waals surface area (Å²) in [6.45, 7) is 3.68. The number of rotatable bonds is 12. The summed E-state index contributed by atoms with van der Waals surface area (Å²) >= 11 is 14.3. The molecule has 5 aromatic rings. The van der Waals surface area contributed by atoms with Gasteiger partial charge in [0.15, 0.2) is 11.4 Å². The molecule has 0 unspecified atom stereocenters. The van der Waals surface area contributed by atoms with Crippen LogP contribution in [0.15, 0.2) is 61.1 Å². The minimum atomic E-state index is 0.101. The van der Waals surface area contributed by atoms with E-state index in [9.17, 15) is 4.79 Å². The van der Waals surface area contributed by atoms with Crippen LogP contribution in [0.1, 0.15) is 36.9 Å². The normalized spacial score (nSPS) is 18.1. The molecule has 8 rings (SSSR count). The van der Waals surface area contributed by atoms with Gasteiger partial charge in [0.25, 0.3) is 0 Å². The summed E-state index contributed by atoms with van der Waals surface area (Å²) in [5.74, 6) is 1.23. The van der Waals surface area contributed by atoms with Gasteiger partial charge in [0, 0.05) is 90.0 Å². The number of methoxy groups -OCH3 is 2. The number of carbonyl (C=O) groups excluding carboxylic acids is 1. The molecule has 1 atom stereocenters. The van der Waals surface area contributed by atoms with Crippen LogP contribution in [0.25, 0.3) is 39.3 Å². The zero-order chi connectivity index (χ0) is 35.1. The first-order chi connectivity index (χ1) is 24.8. The quantitative estimate of drug-likeness (QED) is 0.140. The Balaban J connectivity index is 1.03. The van der Waals surface area contributed by atoms with Crippen LogP contribution in [-0.2, 0) is 22.6 Å². The average Bonchev–Trinajstić information content (AvgIpc) is 3.72. The van der Waals surface area contributed by atoms with E-state index in [1.54, 1.807) is 20.4 Å². The molecule has 4 aromatic heterocycles. The third kappa shape index (κ3) is 6.65. The van der Waals surface area contributed by atoms with Crippen LogP contribution in [0, 0.1) is 5.41 Å². The second kappa shape index (κ2) is 14.0. The van der Waals surface area contributed by atoms with E-state index >= 15 is 0 Å². The summed E-state index contributed by atoms with van der Waals surface area (Å²) in [5.41, 5.74) is 7.27. The fourth-order valence-corrected chi connectivity index (χ4v) is 8.07. The number of hydrogen-bond acceptors (Lipinski definition) is 9. The highest BCUT2D eigenvalue weighted by Crippen LogP contribution is 2.47. The highest BCUT2D eigenvalue weighted by molar-refractivity contribution is 6.39. The van der Waals surface area contributed by atoms with E-state index in [4.69, 9.17) is 47.4 Å². The lowest BCUT2D eigenvalue weighted by Gasteiger charge is -2.53. The molecule has 264 valence electrons. The van der Waals surface area contributed by atoms with Gasteiger partial charge in [-0.05, 0) is 37.5 Å². The van der Waals surface area contributed by atoms with Crippen molar-refractivity contribution in [1.29, 1.82) is 0 Å². The van der Waals surface area contributed by atoms with Gasteiger partial charge in [0.2, 0.25) is 11.8 Å². The van der Waals surface area contributed by atoms with Crippen LogP contribution in [0.3, 0.4) is 0 Å². The Kier molecular flexibility index (Phi) is 9.32. The van der Waals surface area contributed by atoms with Crippen LogP contribution < -0.4 is 25.4 Å². The number of benzene rings is 1. The number of amides is 1. The number of nitrogens with one attached hydrogen (secondary N) is 3. The first kappa shape index (κ1) is 33.9. The highest BCUT2D eigenvalue weighted by atomic mass is 35.5. The zero-order valence-electron chi connectivity index (χ0n) is 28.5. The monoisotopic (exact) mass is 727 g/mol. The maximum absolute atomic E-state index is 11.5. The zero-order valence-corrected chi connectivity index (χ0v) is 30.0. The van der Waals surface area contributed by atoms with Crippen LogP contribution in [0.5, 0.6) is 11.6 Å². The molecule has 3 fully saturated rings. The number of ether oxygens (including phenoxy) is 3. The van der Waals surface area contributed by atoms with Crippen molar-refractivity contribution < 1.29 is 19.0 Å². The lowest BCUT2D eigenvalue weighted by Crippen LogP contribution is -2.58. The molecule has 51 heavy (non-hydrogen) atoms. The molecule has 0 bridgehead atoms. The molecule has 1 amide bonds. The van der Waals surface area contributed by atoms with Crippen molar-refractivity contribution in [3.05, 3.63) is 82.4 Å². The molecule has 6 heterocycles. The number of imidazole rings is 1. The van der Waals surface area contributed by atoms with Crippen molar-refractivity contribution in [2.75, 3.05) is 34.0 Å². The molecule has 1 spiro atoms. The lowest BCUT2D eigenvalue weighted by molar-refractivity contribution is -0.167. The van der Waals surface area contributed by atoms with Crippen molar-refractivity contribution in [1.82, 2.24) is 35.3 Å². The van der Waals surface area contributed by atoms with Gasteiger partial charge in [-0.15, -0.1) is 0 Å². The summed E-state index contributed by atoms with van der Waals surface area (Å²) in [6.07, 6.45) is 9.45. The van der Waals surface area contributed by atoms with E-state index < -0.39 is 0 Å². The highest BCUT2D eigenvalue weighted by Gasteiger charge is 2.49. The molecule has 1 aromatic carbocycles. The van der Waals surface area contributed by atoms with Gasteiger partial charge in [-0.1, -0.05) is 47.5 Å². The third-order valence-corrected chi connectivity index (χ3v) is 11.0. The topological polar surface area (TPSA) is 124 Å².